The number of aryl methyl sites for hydroxylation is 1. The highest BCUT2D eigenvalue weighted by Crippen LogP contribution is 2.00. The number of nitrogens with zero attached hydrogens (tertiary/aromatic N) is 3. The second kappa shape index (κ2) is 4.20. The van der Waals surface area contributed by atoms with Gasteiger partial charge in [-0.2, -0.15) is 4.98 Å². The summed E-state index contributed by atoms with van der Waals surface area (Å²) in [5.74, 6) is -0.356. The van der Waals surface area contributed by atoms with Crippen molar-refractivity contribution >= 4 is 5.97 Å². The van der Waals surface area contributed by atoms with Gasteiger partial charge in [0, 0.05) is 12.3 Å². The maximum absolute atomic E-state index is 11.6. The number of carboxylic acids is 1. The topological polar surface area (TPSA) is 98.2 Å². The molecule has 0 aliphatic heterocycles. The van der Waals surface area contributed by atoms with Crippen LogP contribution in [-0.4, -0.2) is 25.8 Å². The summed E-state index contributed by atoms with van der Waals surface area (Å²) in [4.78, 5) is 26.2. The normalized spacial score (nSPS) is 10.4. The maximum atomic E-state index is 11.6. The monoisotopic (exact) mass is 235 g/mol. The van der Waals surface area contributed by atoms with E-state index < -0.39 is 11.5 Å². The Bertz CT molecular complexity index is 614. The number of pyridine rings is 1. The van der Waals surface area contributed by atoms with Crippen molar-refractivity contribution < 1.29 is 14.4 Å². The second-order valence-corrected chi connectivity index (χ2v) is 3.42. The van der Waals surface area contributed by atoms with Gasteiger partial charge in [-0.1, -0.05) is 5.16 Å². The van der Waals surface area contributed by atoms with Crippen molar-refractivity contribution in [1.29, 1.82) is 0 Å². The van der Waals surface area contributed by atoms with Gasteiger partial charge in [-0.25, -0.2) is 4.79 Å². The molecule has 0 saturated heterocycles. The van der Waals surface area contributed by atoms with Crippen LogP contribution in [0.2, 0.25) is 0 Å². The first-order valence-electron chi connectivity index (χ1n) is 4.79. The van der Waals surface area contributed by atoms with Crippen molar-refractivity contribution in [2.45, 2.75) is 13.5 Å². The van der Waals surface area contributed by atoms with Crippen molar-refractivity contribution in [1.82, 2.24) is 14.7 Å². The van der Waals surface area contributed by atoms with Gasteiger partial charge in [-0.05, 0) is 13.0 Å². The predicted octanol–water partition coefficient (Wildman–Crippen LogP) is 0.286. The fraction of sp³-hybridized carbons (Fsp3) is 0.200. The van der Waals surface area contributed by atoms with Gasteiger partial charge < -0.3 is 14.2 Å². The fourth-order valence-corrected chi connectivity index (χ4v) is 1.32. The van der Waals surface area contributed by atoms with E-state index in [1.54, 1.807) is 6.92 Å². The van der Waals surface area contributed by atoms with Crippen molar-refractivity contribution in [3.63, 3.8) is 0 Å². The van der Waals surface area contributed by atoms with E-state index in [0.717, 1.165) is 6.07 Å². The highest BCUT2D eigenvalue weighted by atomic mass is 16.5. The molecule has 0 aliphatic carbocycles. The van der Waals surface area contributed by atoms with Gasteiger partial charge in [0.15, 0.2) is 5.82 Å². The van der Waals surface area contributed by atoms with Crippen molar-refractivity contribution in [3.05, 3.63) is 46.0 Å². The summed E-state index contributed by atoms with van der Waals surface area (Å²) in [6, 6.07) is 2.39. The lowest BCUT2D eigenvalue weighted by Crippen LogP contribution is -2.20. The molecule has 2 aromatic rings. The highest BCUT2D eigenvalue weighted by Gasteiger charge is 2.08. The summed E-state index contributed by atoms with van der Waals surface area (Å²) in [7, 11) is 0. The van der Waals surface area contributed by atoms with Crippen LogP contribution in [0.3, 0.4) is 0 Å². The van der Waals surface area contributed by atoms with Gasteiger partial charge in [0.05, 0.1) is 5.56 Å². The first-order chi connectivity index (χ1) is 8.06. The molecule has 0 saturated carbocycles. The SMILES string of the molecule is Cc1noc(Cn2ccc(C(=O)O)cc2=O)n1. The van der Waals surface area contributed by atoms with E-state index in [1.165, 1.54) is 16.8 Å². The van der Waals surface area contributed by atoms with E-state index in [0.29, 0.717) is 11.7 Å². The molecule has 2 aromatic heterocycles. The lowest BCUT2D eigenvalue weighted by Gasteiger charge is -2.01. The summed E-state index contributed by atoms with van der Waals surface area (Å²) < 4.78 is 6.15. The van der Waals surface area contributed by atoms with Crippen LogP contribution in [0, 0.1) is 6.92 Å². The van der Waals surface area contributed by atoms with Crippen LogP contribution in [-0.2, 0) is 6.54 Å². The van der Waals surface area contributed by atoms with E-state index in [-0.39, 0.29) is 12.1 Å². The zero-order valence-electron chi connectivity index (χ0n) is 8.95. The molecule has 17 heavy (non-hydrogen) atoms. The number of aromatic carboxylic acids is 1. The number of hydrogen-bond donors (Lipinski definition) is 1. The molecular weight excluding hydrogens is 226 g/mol. The minimum absolute atomic E-state index is 0.0482. The molecule has 0 fully saturated rings. The van der Waals surface area contributed by atoms with Gasteiger partial charge in [-0.15, -0.1) is 0 Å². The molecule has 7 nitrogen and oxygen atoms in total. The average Bonchev–Trinajstić information content (AvgIpc) is 2.67. The summed E-state index contributed by atoms with van der Waals surface area (Å²) >= 11 is 0. The third kappa shape index (κ3) is 2.39. The largest absolute Gasteiger partial charge is 0.478 e. The van der Waals surface area contributed by atoms with Gasteiger partial charge >= 0.3 is 5.97 Å². The van der Waals surface area contributed by atoms with E-state index in [2.05, 4.69) is 10.1 Å². The molecule has 0 bridgehead atoms. The fourth-order valence-electron chi connectivity index (χ4n) is 1.32. The molecule has 88 valence electrons. The summed E-state index contributed by atoms with van der Waals surface area (Å²) in [5.41, 5.74) is -0.478. The maximum Gasteiger partial charge on any atom is 0.335 e. The molecule has 0 aliphatic rings. The Morgan fingerprint density at radius 1 is 1.59 bits per heavy atom. The smallest absolute Gasteiger partial charge is 0.335 e. The molecule has 0 unspecified atom stereocenters. The van der Waals surface area contributed by atoms with Crippen molar-refractivity contribution in [2.24, 2.45) is 0 Å². The molecule has 2 rings (SSSR count). The minimum atomic E-state index is -1.14. The van der Waals surface area contributed by atoms with Gasteiger partial charge in [0.2, 0.25) is 5.89 Å². The number of carboxylic acid groups (broad SMARTS) is 1. The summed E-state index contributed by atoms with van der Waals surface area (Å²) in [6.45, 7) is 1.79. The molecule has 0 amide bonds. The Kier molecular flexibility index (Phi) is 2.73. The first kappa shape index (κ1) is 11.1. The summed E-state index contributed by atoms with van der Waals surface area (Å²) in [5, 5.41) is 12.3. The quantitative estimate of drug-likeness (QED) is 0.820. The van der Waals surface area contributed by atoms with Gasteiger partial charge in [0.25, 0.3) is 5.56 Å². The molecule has 0 spiro atoms. The van der Waals surface area contributed by atoms with Crippen LogP contribution in [0.15, 0.2) is 27.6 Å². The summed E-state index contributed by atoms with van der Waals surface area (Å²) in [6.07, 6.45) is 1.38. The van der Waals surface area contributed by atoms with E-state index in [4.69, 9.17) is 9.63 Å². The zero-order valence-corrected chi connectivity index (χ0v) is 8.95. The predicted molar refractivity (Wildman–Crippen MR) is 55.8 cm³/mol. The van der Waals surface area contributed by atoms with E-state index in [9.17, 15) is 9.59 Å². The van der Waals surface area contributed by atoms with E-state index >= 15 is 0 Å². The van der Waals surface area contributed by atoms with Crippen LogP contribution >= 0.6 is 0 Å². The van der Waals surface area contributed by atoms with Gasteiger partial charge in [0.1, 0.15) is 6.54 Å². The lowest BCUT2D eigenvalue weighted by atomic mass is 10.3. The number of rotatable bonds is 3. The standard InChI is InChI=1S/C10H9N3O4/c1-6-11-8(17-12-6)5-13-3-2-7(10(15)16)4-9(13)14/h2-4H,5H2,1H3,(H,15,16). The molecule has 0 aromatic carbocycles. The third-order valence-corrected chi connectivity index (χ3v) is 2.12. The molecular formula is C10H9N3O4. The number of hydrogen-bond acceptors (Lipinski definition) is 5. The Balaban J connectivity index is 2.28. The van der Waals surface area contributed by atoms with Crippen molar-refractivity contribution in [3.8, 4) is 0 Å². The molecule has 2 heterocycles. The zero-order chi connectivity index (χ0) is 12.4. The molecule has 0 radical (unpaired) electrons. The average molecular weight is 235 g/mol. The minimum Gasteiger partial charge on any atom is -0.478 e. The number of aromatic nitrogens is 3. The Morgan fingerprint density at radius 3 is 2.88 bits per heavy atom. The van der Waals surface area contributed by atoms with Crippen LogP contribution < -0.4 is 5.56 Å². The van der Waals surface area contributed by atoms with Crippen LogP contribution in [0.1, 0.15) is 22.1 Å². The van der Waals surface area contributed by atoms with Crippen LogP contribution in [0.4, 0.5) is 0 Å². The number of carbonyl (C=O) groups is 1. The lowest BCUT2D eigenvalue weighted by molar-refractivity contribution is 0.0696. The van der Waals surface area contributed by atoms with Gasteiger partial charge in [-0.3, -0.25) is 4.79 Å². The Hall–Kier alpha value is -2.44. The molecule has 1 N–H and O–H groups in total. The first-order valence-corrected chi connectivity index (χ1v) is 4.79. The Morgan fingerprint density at radius 2 is 2.35 bits per heavy atom. The Labute approximate surface area is 95.3 Å². The molecule has 0 atom stereocenters. The highest BCUT2D eigenvalue weighted by molar-refractivity contribution is 5.87. The van der Waals surface area contributed by atoms with Crippen LogP contribution in [0.25, 0.3) is 0 Å². The molecule has 7 heteroatoms. The van der Waals surface area contributed by atoms with Crippen LogP contribution in [0.5, 0.6) is 0 Å². The van der Waals surface area contributed by atoms with E-state index in [1.807, 2.05) is 0 Å². The van der Waals surface area contributed by atoms with Crippen molar-refractivity contribution in [2.75, 3.05) is 0 Å². The third-order valence-electron chi connectivity index (χ3n) is 2.12. The second-order valence-electron chi connectivity index (χ2n) is 3.42.